The summed E-state index contributed by atoms with van der Waals surface area (Å²) in [7, 11) is 1.39. The highest BCUT2D eigenvalue weighted by Gasteiger charge is 2.42. The lowest BCUT2D eigenvalue weighted by atomic mass is 10.0. The maximum atomic E-state index is 14.1. The van der Waals surface area contributed by atoms with Gasteiger partial charge in [-0.2, -0.15) is 0 Å². The van der Waals surface area contributed by atoms with Crippen molar-refractivity contribution in [1.29, 1.82) is 0 Å². The molecule has 2 aromatic heterocycles. The van der Waals surface area contributed by atoms with Gasteiger partial charge in [-0.05, 0) is 29.7 Å². The molecule has 4 rings (SSSR count). The molecule has 3 aromatic rings. The number of hydrogen-bond acceptors (Lipinski definition) is 7. The summed E-state index contributed by atoms with van der Waals surface area (Å²) in [4.78, 5) is 43.9. The van der Waals surface area contributed by atoms with Gasteiger partial charge in [0.2, 0.25) is 0 Å². The van der Waals surface area contributed by atoms with Crippen LogP contribution in [0.4, 0.5) is 19.4 Å². The Bertz CT molecular complexity index is 1320. The van der Waals surface area contributed by atoms with Gasteiger partial charge < -0.3 is 30.1 Å². The average Bonchev–Trinajstić information content (AvgIpc) is 3.41. The van der Waals surface area contributed by atoms with Crippen LogP contribution < -0.4 is 16.0 Å². The third kappa shape index (κ3) is 6.55. The number of amides is 4. The van der Waals surface area contributed by atoms with Gasteiger partial charge in [-0.1, -0.05) is 42.4 Å². The average molecular weight is 543 g/mol. The van der Waals surface area contributed by atoms with Crippen LogP contribution in [-0.2, 0) is 16.0 Å². The molecule has 0 saturated carbocycles. The molecule has 206 valence electrons. The normalized spacial score (nSPS) is 16.2. The molecule has 13 heteroatoms. The van der Waals surface area contributed by atoms with E-state index in [1.807, 2.05) is 6.92 Å². The molecule has 0 aliphatic carbocycles. The second kappa shape index (κ2) is 12.0. The largest absolute Gasteiger partial charge is 0.382 e. The van der Waals surface area contributed by atoms with E-state index in [9.17, 15) is 23.2 Å². The van der Waals surface area contributed by atoms with Crippen molar-refractivity contribution in [1.82, 2.24) is 25.7 Å². The fourth-order valence-electron chi connectivity index (χ4n) is 4.22. The summed E-state index contributed by atoms with van der Waals surface area (Å²) in [6.07, 6.45) is 3.26. The molecule has 0 radical (unpaired) electrons. The van der Waals surface area contributed by atoms with Gasteiger partial charge in [-0.15, -0.1) is 0 Å². The minimum atomic E-state index is -3.12. The fraction of sp³-hybridized carbons (Fsp3) is 0.346. The van der Waals surface area contributed by atoms with Crippen LogP contribution in [0.5, 0.6) is 0 Å². The maximum absolute atomic E-state index is 14.1. The molecule has 3 N–H and O–H groups in total. The highest BCUT2D eigenvalue weighted by Crippen LogP contribution is 2.29. The van der Waals surface area contributed by atoms with E-state index in [-0.39, 0.29) is 18.1 Å². The predicted octanol–water partition coefficient (Wildman–Crippen LogP) is 3.09. The number of nitrogens with one attached hydrogen (secondary N) is 3. The van der Waals surface area contributed by atoms with Crippen LogP contribution >= 0.6 is 0 Å². The van der Waals surface area contributed by atoms with Crippen LogP contribution in [0.15, 0.2) is 59.4 Å². The molecule has 1 saturated heterocycles. The molecule has 1 aromatic carbocycles. The summed E-state index contributed by atoms with van der Waals surface area (Å²) in [5, 5.41) is 11.3. The van der Waals surface area contributed by atoms with Gasteiger partial charge in [-0.25, -0.2) is 18.6 Å². The Hall–Kier alpha value is -4.39. The molecule has 0 bridgehead atoms. The first kappa shape index (κ1) is 27.6. The Morgan fingerprint density at radius 3 is 2.72 bits per heavy atom. The van der Waals surface area contributed by atoms with Gasteiger partial charge in [0.05, 0.1) is 25.7 Å². The molecular weight excluding hydrogens is 514 g/mol. The van der Waals surface area contributed by atoms with Crippen LogP contribution in [0.25, 0.3) is 0 Å². The molecule has 2 atom stereocenters. The van der Waals surface area contributed by atoms with Crippen molar-refractivity contribution in [2.24, 2.45) is 0 Å². The molecule has 1 aliphatic rings. The number of pyridine rings is 1. The zero-order valence-corrected chi connectivity index (χ0v) is 21.3. The molecular formula is C26H28F2N6O5. The number of carbonyl (C=O) groups excluding carboxylic acids is 3. The molecule has 4 amide bonds. The summed E-state index contributed by atoms with van der Waals surface area (Å²) < 4.78 is 38.3. The van der Waals surface area contributed by atoms with Crippen molar-refractivity contribution < 1.29 is 32.4 Å². The van der Waals surface area contributed by atoms with E-state index < -0.39 is 48.9 Å². The first-order valence-corrected chi connectivity index (χ1v) is 12.2. The van der Waals surface area contributed by atoms with E-state index in [1.54, 1.807) is 36.4 Å². The van der Waals surface area contributed by atoms with Gasteiger partial charge >= 0.3 is 6.03 Å². The summed E-state index contributed by atoms with van der Waals surface area (Å²) in [5.74, 6) is -4.23. The molecule has 11 nitrogen and oxygen atoms in total. The van der Waals surface area contributed by atoms with Crippen molar-refractivity contribution in [3.05, 3.63) is 77.3 Å². The van der Waals surface area contributed by atoms with E-state index in [0.29, 0.717) is 23.1 Å². The van der Waals surface area contributed by atoms with Gasteiger partial charge in [0, 0.05) is 18.9 Å². The van der Waals surface area contributed by atoms with Gasteiger partial charge in [0.15, 0.2) is 5.69 Å². The topological polar surface area (TPSA) is 139 Å². The first-order valence-electron chi connectivity index (χ1n) is 12.2. The van der Waals surface area contributed by atoms with E-state index >= 15 is 0 Å². The van der Waals surface area contributed by atoms with Crippen molar-refractivity contribution in [2.75, 3.05) is 32.1 Å². The van der Waals surface area contributed by atoms with E-state index in [4.69, 9.17) is 9.26 Å². The number of halogens is 2. The number of nitrogens with zero attached hydrogens (tertiary/aromatic N) is 3. The first-order chi connectivity index (χ1) is 18.7. The van der Waals surface area contributed by atoms with Crippen LogP contribution in [0.1, 0.15) is 46.2 Å². The number of methoxy groups -OCH3 is 1. The van der Waals surface area contributed by atoms with Crippen LogP contribution in [0, 0.1) is 0 Å². The highest BCUT2D eigenvalue weighted by molar-refractivity contribution is 6.01. The predicted molar refractivity (Wildman–Crippen MR) is 135 cm³/mol. The van der Waals surface area contributed by atoms with Crippen molar-refractivity contribution in [3.8, 4) is 0 Å². The number of aromatic nitrogens is 2. The number of alkyl halides is 2. The van der Waals surface area contributed by atoms with Crippen LogP contribution in [0.2, 0.25) is 0 Å². The number of rotatable bonds is 10. The van der Waals surface area contributed by atoms with Crippen molar-refractivity contribution >= 4 is 23.7 Å². The zero-order chi connectivity index (χ0) is 28.0. The number of anilines is 1. The minimum Gasteiger partial charge on any atom is -0.382 e. The number of ether oxygens (including phenoxy) is 1. The molecule has 1 fully saturated rings. The number of benzene rings is 1. The molecule has 1 aliphatic heterocycles. The molecule has 39 heavy (non-hydrogen) atoms. The summed E-state index contributed by atoms with van der Waals surface area (Å²) in [6.45, 7) is 0.233. The highest BCUT2D eigenvalue weighted by atomic mass is 19.3. The Morgan fingerprint density at radius 2 is 2.00 bits per heavy atom. The van der Waals surface area contributed by atoms with Crippen molar-refractivity contribution in [2.45, 2.75) is 31.4 Å². The van der Waals surface area contributed by atoms with Gasteiger partial charge in [0.25, 0.3) is 17.7 Å². The third-order valence-electron chi connectivity index (χ3n) is 6.19. The molecule has 0 unspecified atom stereocenters. The lowest BCUT2D eigenvalue weighted by Crippen LogP contribution is -2.58. The van der Waals surface area contributed by atoms with Crippen molar-refractivity contribution in [3.63, 3.8) is 0 Å². The Morgan fingerprint density at radius 1 is 1.23 bits per heavy atom. The number of aryl methyl sites for hydroxylation is 1. The second-order valence-electron chi connectivity index (χ2n) is 8.94. The van der Waals surface area contributed by atoms with Crippen LogP contribution in [-0.4, -0.2) is 65.6 Å². The fourth-order valence-corrected chi connectivity index (χ4v) is 4.22. The Kier molecular flexibility index (Phi) is 8.49. The van der Waals surface area contributed by atoms with Crippen LogP contribution in [0.3, 0.4) is 0 Å². The minimum absolute atomic E-state index is 0.0684. The van der Waals surface area contributed by atoms with Gasteiger partial charge in [-0.3, -0.25) is 9.59 Å². The number of carbonyl (C=O) groups is 3. The lowest BCUT2D eigenvalue weighted by molar-refractivity contribution is -0.118. The summed E-state index contributed by atoms with van der Waals surface area (Å²) in [5.41, 5.74) is 1.59. The second-order valence-corrected chi connectivity index (χ2v) is 8.94. The lowest BCUT2D eigenvalue weighted by Gasteiger charge is -2.38. The Balaban J connectivity index is 1.58. The quantitative estimate of drug-likeness (QED) is 0.358. The number of urea groups is 1. The Labute approximate surface area is 222 Å². The van der Waals surface area contributed by atoms with E-state index in [0.717, 1.165) is 4.90 Å². The van der Waals surface area contributed by atoms with E-state index in [1.165, 1.54) is 25.6 Å². The zero-order valence-electron chi connectivity index (χ0n) is 21.3. The standard InChI is InChI=1S/C26H28F2N6O5/c1-3-16-12-39-33-22(16)24(36)32-21(17-7-5-4-6-8-17)23(35)31-20-11-18(9-10-29-20)19(13-38-2)34-15-26(27,28)14-30-25(34)37/h4-12,19,21H,3,13-15H2,1-2H3,(H,30,37)(H,32,36)(H,29,31,35)/t19-,21+/m1/s1. The smallest absolute Gasteiger partial charge is 0.318 e. The monoisotopic (exact) mass is 542 g/mol. The SMILES string of the molecule is CCc1conc1C(=O)N[C@H](C(=O)Nc1cc([C@@H](COC)N2CC(F)(F)CNC2=O)ccn1)c1ccccc1. The third-order valence-corrected chi connectivity index (χ3v) is 6.19. The summed E-state index contributed by atoms with van der Waals surface area (Å²) in [6, 6.07) is 8.96. The maximum Gasteiger partial charge on any atom is 0.318 e. The number of hydrogen-bond donors (Lipinski definition) is 3. The van der Waals surface area contributed by atoms with E-state index in [2.05, 4.69) is 26.1 Å². The molecule has 0 spiro atoms. The summed E-state index contributed by atoms with van der Waals surface area (Å²) >= 11 is 0. The molecule has 3 heterocycles. The van der Waals surface area contributed by atoms with Gasteiger partial charge in [0.1, 0.15) is 18.1 Å².